The van der Waals surface area contributed by atoms with E-state index < -0.39 is 17.4 Å². The lowest BCUT2D eigenvalue weighted by molar-refractivity contribution is -0.144. The van der Waals surface area contributed by atoms with Gasteiger partial charge in [0, 0.05) is 5.41 Å². The van der Waals surface area contributed by atoms with E-state index in [1.165, 1.54) is 0 Å². The Morgan fingerprint density at radius 3 is 2.63 bits per heavy atom. The van der Waals surface area contributed by atoms with Crippen molar-refractivity contribution in [3.63, 3.8) is 0 Å². The monoisotopic (exact) mass is 270 g/mol. The molecule has 110 valence electrons. The minimum atomic E-state index is -0.951. The van der Waals surface area contributed by atoms with Gasteiger partial charge < -0.3 is 15.7 Å². The van der Waals surface area contributed by atoms with Gasteiger partial charge in [0.1, 0.15) is 6.04 Å². The van der Waals surface area contributed by atoms with E-state index in [1.807, 2.05) is 20.8 Å². The summed E-state index contributed by atoms with van der Waals surface area (Å²) in [5, 5.41) is 15.1. The number of rotatable bonds is 6. The Hall–Kier alpha value is -1.10. The maximum Gasteiger partial charge on any atom is 0.326 e. The molecule has 3 N–H and O–H groups in total. The summed E-state index contributed by atoms with van der Waals surface area (Å²) in [6.07, 6.45) is 3.29. The van der Waals surface area contributed by atoms with Crippen LogP contribution in [-0.4, -0.2) is 36.1 Å². The largest absolute Gasteiger partial charge is 0.480 e. The van der Waals surface area contributed by atoms with Gasteiger partial charge in [-0.15, -0.1) is 0 Å². The highest BCUT2D eigenvalue weighted by atomic mass is 16.4. The quantitative estimate of drug-likeness (QED) is 0.681. The van der Waals surface area contributed by atoms with Crippen LogP contribution in [0.15, 0.2) is 0 Å². The summed E-state index contributed by atoms with van der Waals surface area (Å²) in [5.74, 6) is -0.841. The molecule has 5 heteroatoms. The van der Waals surface area contributed by atoms with E-state index in [0.717, 1.165) is 32.4 Å². The molecule has 1 heterocycles. The predicted molar refractivity (Wildman–Crippen MR) is 73.8 cm³/mol. The molecule has 0 aromatic heterocycles. The molecule has 1 fully saturated rings. The molecule has 1 rings (SSSR count). The highest BCUT2D eigenvalue weighted by Crippen LogP contribution is 2.32. The van der Waals surface area contributed by atoms with Crippen LogP contribution in [0.1, 0.15) is 46.5 Å². The summed E-state index contributed by atoms with van der Waals surface area (Å²) in [5.41, 5.74) is -0.533. The van der Waals surface area contributed by atoms with Crippen molar-refractivity contribution in [1.82, 2.24) is 10.6 Å². The summed E-state index contributed by atoms with van der Waals surface area (Å²) < 4.78 is 0. The summed E-state index contributed by atoms with van der Waals surface area (Å²) in [6.45, 7) is 7.56. The number of hydrogen-bond acceptors (Lipinski definition) is 3. The first-order valence-electron chi connectivity index (χ1n) is 7.14. The molecule has 0 aromatic carbocycles. The zero-order valence-electron chi connectivity index (χ0n) is 12.2. The molecule has 19 heavy (non-hydrogen) atoms. The van der Waals surface area contributed by atoms with E-state index in [2.05, 4.69) is 10.6 Å². The second-order valence-corrected chi connectivity index (χ2v) is 5.92. The molecule has 5 nitrogen and oxygen atoms in total. The summed E-state index contributed by atoms with van der Waals surface area (Å²) >= 11 is 0. The smallest absolute Gasteiger partial charge is 0.326 e. The van der Waals surface area contributed by atoms with Crippen molar-refractivity contribution in [2.24, 2.45) is 11.3 Å². The Balaban J connectivity index is 2.65. The second-order valence-electron chi connectivity index (χ2n) is 5.92. The number of carboxylic acids is 1. The Kier molecular flexibility index (Phi) is 5.79. The summed E-state index contributed by atoms with van der Waals surface area (Å²) in [7, 11) is 0. The van der Waals surface area contributed by atoms with Crippen LogP contribution in [0, 0.1) is 11.3 Å². The van der Waals surface area contributed by atoms with Crippen molar-refractivity contribution in [3.05, 3.63) is 0 Å². The third kappa shape index (κ3) is 4.20. The standard InChI is InChI=1S/C14H26N2O3/c1-4-6-11(12(17)18)16-13(19)14(2,3)10-7-5-8-15-9-10/h10-11,15H,4-9H2,1-3H3,(H,16,19)(H,17,18). The third-order valence-corrected chi connectivity index (χ3v) is 4.08. The Bertz CT molecular complexity index is 323. The molecule has 2 unspecified atom stereocenters. The molecule has 0 aliphatic carbocycles. The normalized spacial score (nSPS) is 21.7. The molecule has 2 atom stereocenters. The molecule has 0 bridgehead atoms. The van der Waals surface area contributed by atoms with Gasteiger partial charge in [-0.1, -0.05) is 27.2 Å². The molecule has 1 amide bonds. The topological polar surface area (TPSA) is 78.4 Å². The van der Waals surface area contributed by atoms with Crippen molar-refractivity contribution >= 4 is 11.9 Å². The third-order valence-electron chi connectivity index (χ3n) is 4.08. The van der Waals surface area contributed by atoms with Gasteiger partial charge in [0.2, 0.25) is 5.91 Å². The van der Waals surface area contributed by atoms with E-state index in [-0.39, 0.29) is 11.8 Å². The zero-order chi connectivity index (χ0) is 14.5. The van der Waals surface area contributed by atoms with E-state index in [9.17, 15) is 9.59 Å². The van der Waals surface area contributed by atoms with Crippen LogP contribution in [0.25, 0.3) is 0 Å². The number of carbonyl (C=O) groups excluding carboxylic acids is 1. The van der Waals surface area contributed by atoms with E-state index in [4.69, 9.17) is 5.11 Å². The van der Waals surface area contributed by atoms with Crippen molar-refractivity contribution in [2.45, 2.75) is 52.5 Å². The van der Waals surface area contributed by atoms with Gasteiger partial charge in [0.05, 0.1) is 0 Å². The van der Waals surface area contributed by atoms with Crippen LogP contribution < -0.4 is 10.6 Å². The molecule has 0 spiro atoms. The Morgan fingerprint density at radius 1 is 1.47 bits per heavy atom. The average Bonchev–Trinajstić information content (AvgIpc) is 2.38. The van der Waals surface area contributed by atoms with E-state index in [0.29, 0.717) is 6.42 Å². The fourth-order valence-electron chi connectivity index (χ4n) is 2.54. The molecular formula is C14H26N2O3. The van der Waals surface area contributed by atoms with Crippen molar-refractivity contribution in [1.29, 1.82) is 0 Å². The van der Waals surface area contributed by atoms with Crippen LogP contribution in [0.4, 0.5) is 0 Å². The van der Waals surface area contributed by atoms with Gasteiger partial charge in [0.15, 0.2) is 0 Å². The number of nitrogens with one attached hydrogen (secondary N) is 2. The number of carbonyl (C=O) groups is 2. The number of hydrogen-bond donors (Lipinski definition) is 3. The molecule has 0 radical (unpaired) electrons. The molecule has 0 aromatic rings. The molecule has 1 aliphatic rings. The van der Waals surface area contributed by atoms with Crippen molar-refractivity contribution < 1.29 is 14.7 Å². The summed E-state index contributed by atoms with van der Waals surface area (Å²) in [4.78, 5) is 23.5. The van der Waals surface area contributed by atoms with Gasteiger partial charge >= 0.3 is 5.97 Å². The first kappa shape index (κ1) is 16.0. The molecule has 1 aliphatic heterocycles. The zero-order valence-corrected chi connectivity index (χ0v) is 12.2. The SMILES string of the molecule is CCCC(NC(=O)C(C)(C)C1CCCNC1)C(=O)O. The predicted octanol–water partition coefficient (Wildman–Crippen LogP) is 1.38. The van der Waals surface area contributed by atoms with Gasteiger partial charge in [-0.3, -0.25) is 4.79 Å². The minimum Gasteiger partial charge on any atom is -0.480 e. The van der Waals surface area contributed by atoms with Gasteiger partial charge in [-0.25, -0.2) is 4.79 Å². The lowest BCUT2D eigenvalue weighted by atomic mass is 9.74. The van der Waals surface area contributed by atoms with Gasteiger partial charge in [-0.05, 0) is 38.3 Å². The van der Waals surface area contributed by atoms with Crippen LogP contribution in [0.3, 0.4) is 0 Å². The lowest BCUT2D eigenvalue weighted by Crippen LogP contribution is -2.51. The number of piperidine rings is 1. The molecule has 0 saturated carbocycles. The average molecular weight is 270 g/mol. The molecule has 1 saturated heterocycles. The molecular weight excluding hydrogens is 244 g/mol. The Morgan fingerprint density at radius 2 is 2.16 bits per heavy atom. The van der Waals surface area contributed by atoms with E-state index >= 15 is 0 Å². The first-order chi connectivity index (χ1) is 8.89. The fourth-order valence-corrected chi connectivity index (χ4v) is 2.54. The van der Waals surface area contributed by atoms with Crippen LogP contribution in [0.2, 0.25) is 0 Å². The highest BCUT2D eigenvalue weighted by Gasteiger charge is 2.38. The summed E-state index contributed by atoms with van der Waals surface area (Å²) in [6, 6.07) is -0.770. The van der Waals surface area contributed by atoms with Crippen LogP contribution in [-0.2, 0) is 9.59 Å². The lowest BCUT2D eigenvalue weighted by Gasteiger charge is -2.36. The van der Waals surface area contributed by atoms with Gasteiger partial charge in [-0.2, -0.15) is 0 Å². The van der Waals surface area contributed by atoms with Gasteiger partial charge in [0.25, 0.3) is 0 Å². The maximum absolute atomic E-state index is 12.4. The van der Waals surface area contributed by atoms with Crippen molar-refractivity contribution in [3.8, 4) is 0 Å². The Labute approximate surface area is 115 Å². The van der Waals surface area contributed by atoms with Crippen molar-refractivity contribution in [2.75, 3.05) is 13.1 Å². The number of amides is 1. The van der Waals surface area contributed by atoms with E-state index in [1.54, 1.807) is 0 Å². The highest BCUT2D eigenvalue weighted by molar-refractivity contribution is 5.87. The second kappa shape index (κ2) is 6.89. The van der Waals surface area contributed by atoms with Crippen LogP contribution in [0.5, 0.6) is 0 Å². The number of carboxylic acid groups (broad SMARTS) is 1. The minimum absolute atomic E-state index is 0.151. The maximum atomic E-state index is 12.4. The fraction of sp³-hybridized carbons (Fsp3) is 0.857. The van der Waals surface area contributed by atoms with Crippen LogP contribution >= 0.6 is 0 Å². The first-order valence-corrected chi connectivity index (χ1v) is 7.14. The number of aliphatic carboxylic acids is 1.